The van der Waals surface area contributed by atoms with Crippen LogP contribution in [0, 0.1) is 0 Å². The summed E-state index contributed by atoms with van der Waals surface area (Å²) in [5.41, 5.74) is -0.671. The summed E-state index contributed by atoms with van der Waals surface area (Å²) in [6.45, 7) is 1.15. The average Bonchev–Trinajstić information content (AvgIpc) is 2.63. The van der Waals surface area contributed by atoms with Crippen molar-refractivity contribution in [1.82, 2.24) is 9.88 Å². The van der Waals surface area contributed by atoms with Crippen LogP contribution in [0.4, 0.5) is 13.2 Å². The Morgan fingerprint density at radius 2 is 2.24 bits per heavy atom. The zero-order valence-electron chi connectivity index (χ0n) is 9.11. The van der Waals surface area contributed by atoms with Crippen molar-refractivity contribution < 1.29 is 18.3 Å². The molecule has 1 saturated heterocycles. The molecule has 1 aliphatic rings. The largest absolute Gasteiger partial charge is 0.418 e. The van der Waals surface area contributed by atoms with Crippen LogP contribution >= 0.6 is 0 Å². The summed E-state index contributed by atoms with van der Waals surface area (Å²) >= 11 is 0. The Hall–Kier alpha value is -1.14. The van der Waals surface area contributed by atoms with Crippen LogP contribution in [0.1, 0.15) is 17.7 Å². The Bertz CT molecular complexity index is 395. The molecule has 0 radical (unpaired) electrons. The van der Waals surface area contributed by atoms with Crippen LogP contribution < -0.4 is 0 Å². The smallest absolute Gasteiger partial charge is 0.392 e. The first-order chi connectivity index (χ1) is 7.97. The summed E-state index contributed by atoms with van der Waals surface area (Å²) in [5.74, 6) is 0. The fraction of sp³-hybridized carbons (Fsp3) is 0.545. The van der Waals surface area contributed by atoms with E-state index in [0.717, 1.165) is 6.07 Å². The molecule has 1 aromatic heterocycles. The molecule has 1 N–H and O–H groups in total. The molecule has 0 saturated carbocycles. The number of hydrogen-bond donors (Lipinski definition) is 1. The maximum absolute atomic E-state index is 12.7. The number of halogens is 3. The van der Waals surface area contributed by atoms with Gasteiger partial charge in [0.1, 0.15) is 0 Å². The predicted octanol–water partition coefficient (Wildman–Crippen LogP) is 1.67. The lowest BCUT2D eigenvalue weighted by Gasteiger charge is -2.17. The van der Waals surface area contributed by atoms with Gasteiger partial charge in [-0.15, -0.1) is 0 Å². The maximum Gasteiger partial charge on any atom is 0.418 e. The highest BCUT2D eigenvalue weighted by Crippen LogP contribution is 2.31. The van der Waals surface area contributed by atoms with Gasteiger partial charge in [-0.25, -0.2) is 0 Å². The molecule has 0 aromatic carbocycles. The molecule has 1 fully saturated rings. The molecule has 1 aromatic rings. The number of aromatic nitrogens is 1. The zero-order chi connectivity index (χ0) is 12.5. The Labute approximate surface area is 96.9 Å². The van der Waals surface area contributed by atoms with Crippen LogP contribution in [0.3, 0.4) is 0 Å². The lowest BCUT2D eigenvalue weighted by molar-refractivity contribution is -0.138. The van der Waals surface area contributed by atoms with E-state index >= 15 is 0 Å². The van der Waals surface area contributed by atoms with Crippen molar-refractivity contribution in [1.29, 1.82) is 0 Å². The molecule has 17 heavy (non-hydrogen) atoms. The van der Waals surface area contributed by atoms with E-state index in [0.29, 0.717) is 19.5 Å². The number of alkyl halides is 3. The topological polar surface area (TPSA) is 36.4 Å². The van der Waals surface area contributed by atoms with E-state index < -0.39 is 17.8 Å². The number of pyridine rings is 1. The molecule has 0 amide bonds. The van der Waals surface area contributed by atoms with Gasteiger partial charge in [0.25, 0.3) is 0 Å². The Morgan fingerprint density at radius 1 is 1.47 bits per heavy atom. The third kappa shape index (κ3) is 2.95. The number of aliphatic hydroxyl groups excluding tert-OH is 1. The van der Waals surface area contributed by atoms with Gasteiger partial charge in [-0.1, -0.05) is 0 Å². The molecule has 0 unspecified atom stereocenters. The lowest BCUT2D eigenvalue weighted by atomic mass is 10.2. The second kappa shape index (κ2) is 4.62. The van der Waals surface area contributed by atoms with Gasteiger partial charge in [0.05, 0.1) is 17.4 Å². The summed E-state index contributed by atoms with van der Waals surface area (Å²) in [5, 5.41) is 9.32. The van der Waals surface area contributed by atoms with Crippen molar-refractivity contribution in [2.45, 2.75) is 25.2 Å². The molecule has 1 atom stereocenters. The van der Waals surface area contributed by atoms with Crippen molar-refractivity contribution in [3.8, 4) is 0 Å². The monoisotopic (exact) mass is 246 g/mol. The van der Waals surface area contributed by atoms with E-state index in [2.05, 4.69) is 4.98 Å². The van der Waals surface area contributed by atoms with Gasteiger partial charge in [0, 0.05) is 25.8 Å². The van der Waals surface area contributed by atoms with Gasteiger partial charge in [-0.05, 0) is 18.6 Å². The Morgan fingerprint density at radius 3 is 2.82 bits per heavy atom. The fourth-order valence-electron chi connectivity index (χ4n) is 1.99. The van der Waals surface area contributed by atoms with E-state index in [1.54, 1.807) is 4.90 Å². The molecular weight excluding hydrogens is 233 g/mol. The summed E-state index contributed by atoms with van der Waals surface area (Å²) < 4.78 is 38.1. The molecule has 0 bridgehead atoms. The quantitative estimate of drug-likeness (QED) is 0.862. The van der Waals surface area contributed by atoms with E-state index in [-0.39, 0.29) is 12.2 Å². The van der Waals surface area contributed by atoms with Crippen LogP contribution in [0.25, 0.3) is 0 Å². The van der Waals surface area contributed by atoms with E-state index in [4.69, 9.17) is 0 Å². The fourth-order valence-corrected chi connectivity index (χ4v) is 1.99. The van der Waals surface area contributed by atoms with Gasteiger partial charge in [-0.2, -0.15) is 13.2 Å². The summed E-state index contributed by atoms with van der Waals surface area (Å²) in [7, 11) is 0. The molecule has 1 aliphatic heterocycles. The van der Waals surface area contributed by atoms with Crippen molar-refractivity contribution in [2.24, 2.45) is 0 Å². The molecule has 0 spiro atoms. The second-order valence-electron chi connectivity index (χ2n) is 4.17. The van der Waals surface area contributed by atoms with Gasteiger partial charge < -0.3 is 5.11 Å². The van der Waals surface area contributed by atoms with E-state index in [9.17, 15) is 18.3 Å². The maximum atomic E-state index is 12.7. The first-order valence-electron chi connectivity index (χ1n) is 5.38. The lowest BCUT2D eigenvalue weighted by Crippen LogP contribution is -2.24. The molecule has 0 aliphatic carbocycles. The van der Waals surface area contributed by atoms with E-state index in [1.165, 1.54) is 12.3 Å². The predicted molar refractivity (Wildman–Crippen MR) is 55.1 cm³/mol. The van der Waals surface area contributed by atoms with Crippen LogP contribution in [0.5, 0.6) is 0 Å². The molecule has 6 heteroatoms. The third-order valence-electron chi connectivity index (χ3n) is 2.82. The van der Waals surface area contributed by atoms with Gasteiger partial charge in [-0.3, -0.25) is 9.88 Å². The average molecular weight is 246 g/mol. The number of nitrogens with zero attached hydrogens (tertiary/aromatic N) is 2. The molecule has 2 rings (SSSR count). The Kier molecular flexibility index (Phi) is 3.35. The van der Waals surface area contributed by atoms with Crippen LogP contribution in [0.15, 0.2) is 18.3 Å². The minimum absolute atomic E-state index is 0.0223. The number of rotatable bonds is 2. The van der Waals surface area contributed by atoms with Crippen LogP contribution in [-0.4, -0.2) is 34.2 Å². The van der Waals surface area contributed by atoms with Gasteiger partial charge in [0.15, 0.2) is 0 Å². The second-order valence-corrected chi connectivity index (χ2v) is 4.17. The molecule has 94 valence electrons. The number of β-amino-alcohol motifs (C(OH)–C–C–N with tert-alkyl or cyclic N) is 1. The third-order valence-corrected chi connectivity index (χ3v) is 2.82. The van der Waals surface area contributed by atoms with Crippen molar-refractivity contribution in [2.75, 3.05) is 13.1 Å². The number of likely N-dealkylation sites (tertiary alicyclic amines) is 1. The minimum Gasteiger partial charge on any atom is -0.392 e. The highest BCUT2D eigenvalue weighted by molar-refractivity contribution is 5.23. The minimum atomic E-state index is -4.37. The first kappa shape index (κ1) is 12.3. The number of aliphatic hydroxyl groups is 1. The molecule has 3 nitrogen and oxygen atoms in total. The number of hydrogen-bond acceptors (Lipinski definition) is 3. The molecule has 2 heterocycles. The van der Waals surface area contributed by atoms with Crippen molar-refractivity contribution in [3.63, 3.8) is 0 Å². The summed E-state index contributed by atoms with van der Waals surface area (Å²) in [6, 6.07) is 2.32. The van der Waals surface area contributed by atoms with Gasteiger partial charge >= 0.3 is 6.18 Å². The standard InChI is InChI=1S/C11H13F3N2O/c12-11(13,14)9-2-1-4-15-10(9)7-16-5-3-8(17)6-16/h1-2,4,8,17H,3,5-7H2/t8-/m0/s1. The van der Waals surface area contributed by atoms with Crippen LogP contribution in [0.2, 0.25) is 0 Å². The van der Waals surface area contributed by atoms with Crippen molar-refractivity contribution >= 4 is 0 Å². The van der Waals surface area contributed by atoms with E-state index in [1.807, 2.05) is 0 Å². The highest BCUT2D eigenvalue weighted by Gasteiger charge is 2.34. The highest BCUT2D eigenvalue weighted by atomic mass is 19.4. The first-order valence-corrected chi connectivity index (χ1v) is 5.38. The van der Waals surface area contributed by atoms with Crippen molar-refractivity contribution in [3.05, 3.63) is 29.6 Å². The van der Waals surface area contributed by atoms with Gasteiger partial charge in [0.2, 0.25) is 0 Å². The zero-order valence-corrected chi connectivity index (χ0v) is 9.11. The Balaban J connectivity index is 2.15. The SMILES string of the molecule is O[C@H]1CCN(Cc2ncccc2C(F)(F)F)C1. The summed E-state index contributed by atoms with van der Waals surface area (Å²) in [4.78, 5) is 5.57. The summed E-state index contributed by atoms with van der Waals surface area (Å²) in [6.07, 6.45) is -2.85. The molecular formula is C11H13F3N2O. The van der Waals surface area contributed by atoms with Crippen LogP contribution in [-0.2, 0) is 12.7 Å². The normalized spacial score (nSPS) is 22.0.